The first-order valence-corrected chi connectivity index (χ1v) is 10.4. The minimum atomic E-state index is 0.106. The normalized spacial score (nSPS) is 29.8. The lowest BCUT2D eigenvalue weighted by Crippen LogP contribution is -2.57. The Bertz CT molecular complexity index is 524. The van der Waals surface area contributed by atoms with Gasteiger partial charge in [-0.1, -0.05) is 25.7 Å². The lowest BCUT2D eigenvalue weighted by atomic mass is 9.79. The van der Waals surface area contributed by atoms with Crippen molar-refractivity contribution in [1.82, 2.24) is 20.4 Å². The molecule has 0 aromatic carbocycles. The summed E-state index contributed by atoms with van der Waals surface area (Å²) in [6, 6.07) is 0. The maximum atomic E-state index is 11.8. The molecule has 1 spiro atoms. The van der Waals surface area contributed by atoms with Crippen LogP contribution in [-0.2, 0) is 4.79 Å². The van der Waals surface area contributed by atoms with E-state index in [4.69, 9.17) is 0 Å². The van der Waals surface area contributed by atoms with Gasteiger partial charge in [-0.15, -0.1) is 0 Å². The molecular weight excluding hydrogens is 326 g/mol. The second-order valence-electron chi connectivity index (χ2n) is 8.91. The number of amides is 1. The minimum Gasteiger partial charge on any atom is -0.355 e. The minimum absolute atomic E-state index is 0.106. The molecule has 3 aliphatic rings. The standard InChI is InChI=1S/C20H37N5O/c1-21-18(23-15-20(24(2)3)10-6-4-5-7-11-20)25-12-8-9-19(16-25)13-17(26)22-14-19/h4-16H2,1-3H3,(H,21,23)(H,22,26). The first kappa shape index (κ1) is 19.5. The Labute approximate surface area is 158 Å². The smallest absolute Gasteiger partial charge is 0.220 e. The van der Waals surface area contributed by atoms with Crippen molar-refractivity contribution in [1.29, 1.82) is 0 Å². The highest BCUT2D eigenvalue weighted by atomic mass is 16.1. The third-order valence-corrected chi connectivity index (χ3v) is 6.93. The fraction of sp³-hybridized carbons (Fsp3) is 0.900. The van der Waals surface area contributed by atoms with Gasteiger partial charge in [0.15, 0.2) is 5.96 Å². The molecular formula is C20H37N5O. The van der Waals surface area contributed by atoms with Crippen molar-refractivity contribution >= 4 is 11.9 Å². The predicted octanol–water partition coefficient (Wildman–Crippen LogP) is 1.82. The molecule has 0 aromatic rings. The number of carbonyl (C=O) groups excluding carboxylic acids is 1. The number of rotatable bonds is 3. The maximum Gasteiger partial charge on any atom is 0.220 e. The molecule has 6 nitrogen and oxygen atoms in total. The molecule has 0 aromatic heterocycles. The Morgan fingerprint density at radius 3 is 2.50 bits per heavy atom. The van der Waals surface area contributed by atoms with Crippen molar-refractivity contribution in [2.45, 2.75) is 63.3 Å². The number of hydrogen-bond donors (Lipinski definition) is 2. The molecule has 1 amide bonds. The van der Waals surface area contributed by atoms with Crippen LogP contribution in [0.1, 0.15) is 57.8 Å². The van der Waals surface area contributed by atoms with Crippen LogP contribution < -0.4 is 10.6 Å². The Hall–Kier alpha value is -1.30. The largest absolute Gasteiger partial charge is 0.355 e. The van der Waals surface area contributed by atoms with E-state index in [0.29, 0.717) is 6.42 Å². The monoisotopic (exact) mass is 363 g/mol. The van der Waals surface area contributed by atoms with Crippen molar-refractivity contribution in [2.75, 3.05) is 47.3 Å². The fourth-order valence-electron chi connectivity index (χ4n) is 5.17. The van der Waals surface area contributed by atoms with E-state index in [2.05, 4.69) is 39.5 Å². The SMILES string of the molecule is CN=C(NCC1(N(C)C)CCCCCC1)N1CCCC2(CNC(=O)C2)C1. The van der Waals surface area contributed by atoms with Crippen LogP contribution >= 0.6 is 0 Å². The number of guanidine groups is 1. The number of likely N-dealkylation sites (N-methyl/N-ethyl adjacent to an activating group) is 1. The molecule has 1 aliphatic carbocycles. The number of hydrogen-bond acceptors (Lipinski definition) is 3. The molecule has 26 heavy (non-hydrogen) atoms. The molecule has 2 N–H and O–H groups in total. The van der Waals surface area contributed by atoms with Crippen LogP contribution in [0.4, 0.5) is 0 Å². The number of likely N-dealkylation sites (tertiary alicyclic amines) is 1. The summed E-state index contributed by atoms with van der Waals surface area (Å²) in [5, 5.41) is 6.74. The van der Waals surface area contributed by atoms with Crippen LogP contribution in [0.15, 0.2) is 4.99 Å². The topological polar surface area (TPSA) is 60.0 Å². The van der Waals surface area contributed by atoms with Crippen LogP contribution in [-0.4, -0.2) is 74.5 Å². The van der Waals surface area contributed by atoms with Crippen molar-refractivity contribution in [3.05, 3.63) is 0 Å². The zero-order chi connectivity index (χ0) is 18.6. The Morgan fingerprint density at radius 1 is 1.19 bits per heavy atom. The highest BCUT2D eigenvalue weighted by molar-refractivity contribution is 5.81. The molecule has 0 bridgehead atoms. The second-order valence-corrected chi connectivity index (χ2v) is 8.91. The van der Waals surface area contributed by atoms with Crippen LogP contribution in [0.3, 0.4) is 0 Å². The summed E-state index contributed by atoms with van der Waals surface area (Å²) in [5.41, 5.74) is 0.333. The van der Waals surface area contributed by atoms with Gasteiger partial charge in [0.1, 0.15) is 0 Å². The number of nitrogens with one attached hydrogen (secondary N) is 2. The average molecular weight is 364 g/mol. The molecule has 3 rings (SSSR count). The third-order valence-electron chi connectivity index (χ3n) is 6.93. The van der Waals surface area contributed by atoms with E-state index >= 15 is 0 Å². The third kappa shape index (κ3) is 4.16. The van der Waals surface area contributed by atoms with E-state index in [1.807, 2.05) is 7.05 Å². The van der Waals surface area contributed by atoms with E-state index < -0.39 is 0 Å². The first-order valence-electron chi connectivity index (χ1n) is 10.4. The van der Waals surface area contributed by atoms with Crippen LogP contribution in [0.25, 0.3) is 0 Å². The lowest BCUT2D eigenvalue weighted by Gasteiger charge is -2.43. The van der Waals surface area contributed by atoms with E-state index in [9.17, 15) is 4.79 Å². The predicted molar refractivity (Wildman–Crippen MR) is 106 cm³/mol. The van der Waals surface area contributed by atoms with Crippen molar-refractivity contribution in [3.8, 4) is 0 Å². The second kappa shape index (κ2) is 8.15. The maximum absolute atomic E-state index is 11.8. The highest BCUT2D eigenvalue weighted by Gasteiger charge is 2.42. The van der Waals surface area contributed by atoms with Crippen molar-refractivity contribution in [3.63, 3.8) is 0 Å². The summed E-state index contributed by atoms with van der Waals surface area (Å²) >= 11 is 0. The summed E-state index contributed by atoms with van der Waals surface area (Å²) in [4.78, 5) is 21.2. The summed E-state index contributed by atoms with van der Waals surface area (Å²) < 4.78 is 0. The quantitative estimate of drug-likeness (QED) is 0.456. The number of nitrogens with zero attached hydrogens (tertiary/aromatic N) is 3. The van der Waals surface area contributed by atoms with Gasteiger partial charge in [-0.25, -0.2) is 0 Å². The van der Waals surface area contributed by atoms with Crippen LogP contribution in [0.5, 0.6) is 0 Å². The molecule has 1 unspecified atom stereocenters. The number of piperidine rings is 1. The Morgan fingerprint density at radius 2 is 1.92 bits per heavy atom. The van der Waals surface area contributed by atoms with Gasteiger partial charge in [0.2, 0.25) is 5.91 Å². The average Bonchev–Trinajstić information content (AvgIpc) is 2.84. The Kier molecular flexibility index (Phi) is 6.10. The van der Waals surface area contributed by atoms with Crippen molar-refractivity contribution < 1.29 is 4.79 Å². The van der Waals surface area contributed by atoms with Gasteiger partial charge in [0, 0.05) is 50.6 Å². The molecule has 2 saturated heterocycles. The molecule has 1 saturated carbocycles. The number of carbonyl (C=O) groups is 1. The molecule has 1 atom stereocenters. The summed E-state index contributed by atoms with van der Waals surface area (Å²) in [6.45, 7) is 3.74. The van der Waals surface area contributed by atoms with Gasteiger partial charge in [-0.3, -0.25) is 9.79 Å². The highest BCUT2D eigenvalue weighted by Crippen LogP contribution is 2.36. The van der Waals surface area contributed by atoms with Crippen LogP contribution in [0, 0.1) is 5.41 Å². The van der Waals surface area contributed by atoms with E-state index in [-0.39, 0.29) is 16.9 Å². The van der Waals surface area contributed by atoms with Crippen LogP contribution in [0.2, 0.25) is 0 Å². The van der Waals surface area contributed by atoms with Crippen molar-refractivity contribution in [2.24, 2.45) is 10.4 Å². The van der Waals surface area contributed by atoms with E-state index in [0.717, 1.165) is 45.0 Å². The van der Waals surface area contributed by atoms with Gasteiger partial charge in [-0.2, -0.15) is 0 Å². The molecule has 148 valence electrons. The lowest BCUT2D eigenvalue weighted by molar-refractivity contribution is -0.119. The fourth-order valence-corrected chi connectivity index (χ4v) is 5.17. The number of aliphatic imine (C=N–C) groups is 1. The first-order chi connectivity index (χ1) is 12.5. The van der Waals surface area contributed by atoms with Gasteiger partial charge < -0.3 is 20.4 Å². The van der Waals surface area contributed by atoms with Gasteiger partial charge in [-0.05, 0) is 39.8 Å². The van der Waals surface area contributed by atoms with Gasteiger partial charge in [0.25, 0.3) is 0 Å². The van der Waals surface area contributed by atoms with Gasteiger partial charge >= 0.3 is 0 Å². The summed E-state index contributed by atoms with van der Waals surface area (Å²) in [7, 11) is 6.33. The molecule has 3 fully saturated rings. The zero-order valence-electron chi connectivity index (χ0n) is 16.9. The van der Waals surface area contributed by atoms with Gasteiger partial charge in [0.05, 0.1) is 0 Å². The molecule has 6 heteroatoms. The molecule has 2 heterocycles. The van der Waals surface area contributed by atoms with E-state index in [1.165, 1.54) is 38.5 Å². The molecule has 0 radical (unpaired) electrons. The Balaban J connectivity index is 1.64. The van der Waals surface area contributed by atoms with E-state index in [1.54, 1.807) is 0 Å². The molecule has 2 aliphatic heterocycles. The zero-order valence-corrected chi connectivity index (χ0v) is 16.9. The summed E-state index contributed by atoms with van der Waals surface area (Å²) in [6.07, 6.45) is 10.8. The summed E-state index contributed by atoms with van der Waals surface area (Å²) in [5.74, 6) is 1.22.